The fourth-order valence-electron chi connectivity index (χ4n) is 2.11. The van der Waals surface area contributed by atoms with Crippen LogP contribution in [0, 0.1) is 0 Å². The highest BCUT2D eigenvalue weighted by molar-refractivity contribution is 5.54. The van der Waals surface area contributed by atoms with E-state index >= 15 is 0 Å². The number of phenolic OH excluding ortho intramolecular Hbond substituents is 1. The summed E-state index contributed by atoms with van der Waals surface area (Å²) >= 11 is 0. The van der Waals surface area contributed by atoms with Crippen LogP contribution in [0.25, 0.3) is 0 Å². The average molecular weight is 290 g/mol. The summed E-state index contributed by atoms with van der Waals surface area (Å²) in [7, 11) is 0. The second-order valence-electron chi connectivity index (χ2n) is 4.65. The van der Waals surface area contributed by atoms with E-state index in [0.717, 1.165) is 6.54 Å². The molecule has 0 aliphatic carbocycles. The lowest BCUT2D eigenvalue weighted by atomic mass is 10.1. The van der Waals surface area contributed by atoms with Crippen molar-refractivity contribution in [2.75, 3.05) is 24.5 Å². The molecule has 0 aliphatic rings. The summed E-state index contributed by atoms with van der Waals surface area (Å²) in [5.41, 5.74) is 1.05. The van der Waals surface area contributed by atoms with Gasteiger partial charge in [-0.3, -0.25) is 0 Å². The second-order valence-corrected chi connectivity index (χ2v) is 4.65. The standard InChI is InChI=1S/C14H21F3N2O/c1-4-18-10(3)12-7-6-11(8-13(12)20)19(5-2)9-14(15,16)17/h6-8,10,18,20H,4-5,9H2,1-3H3. The van der Waals surface area contributed by atoms with Gasteiger partial charge < -0.3 is 15.3 Å². The molecule has 3 nitrogen and oxygen atoms in total. The first-order chi connectivity index (χ1) is 9.28. The fourth-order valence-corrected chi connectivity index (χ4v) is 2.11. The molecule has 0 amide bonds. The van der Waals surface area contributed by atoms with E-state index in [1.54, 1.807) is 19.1 Å². The van der Waals surface area contributed by atoms with Crippen molar-refractivity contribution in [2.24, 2.45) is 0 Å². The lowest BCUT2D eigenvalue weighted by Crippen LogP contribution is -2.34. The van der Waals surface area contributed by atoms with Crippen molar-refractivity contribution in [3.8, 4) is 5.75 Å². The molecule has 1 rings (SSSR count). The molecule has 114 valence electrons. The minimum atomic E-state index is -4.26. The lowest BCUT2D eigenvalue weighted by molar-refractivity contribution is -0.119. The molecule has 0 fully saturated rings. The summed E-state index contributed by atoms with van der Waals surface area (Å²) in [4.78, 5) is 1.18. The van der Waals surface area contributed by atoms with Gasteiger partial charge in [-0.2, -0.15) is 13.2 Å². The third-order valence-electron chi connectivity index (χ3n) is 3.11. The predicted molar refractivity (Wildman–Crippen MR) is 74.1 cm³/mol. The molecule has 0 aromatic heterocycles. The molecule has 1 aromatic carbocycles. The van der Waals surface area contributed by atoms with Crippen LogP contribution in [-0.4, -0.2) is 30.9 Å². The van der Waals surface area contributed by atoms with Gasteiger partial charge in [-0.05, 0) is 26.5 Å². The molecule has 0 heterocycles. The number of hydrogen-bond donors (Lipinski definition) is 2. The number of rotatable bonds is 6. The summed E-state index contributed by atoms with van der Waals surface area (Å²) in [6.45, 7) is 5.44. The van der Waals surface area contributed by atoms with Gasteiger partial charge in [0.1, 0.15) is 12.3 Å². The Morgan fingerprint density at radius 3 is 2.40 bits per heavy atom. The van der Waals surface area contributed by atoms with Crippen LogP contribution in [0.1, 0.15) is 32.4 Å². The van der Waals surface area contributed by atoms with Crippen molar-refractivity contribution in [2.45, 2.75) is 33.0 Å². The Kier molecular flexibility index (Phi) is 5.68. The monoisotopic (exact) mass is 290 g/mol. The first kappa shape index (κ1) is 16.6. The highest BCUT2D eigenvalue weighted by atomic mass is 19.4. The largest absolute Gasteiger partial charge is 0.508 e. The number of alkyl halides is 3. The van der Waals surface area contributed by atoms with E-state index in [4.69, 9.17) is 0 Å². The number of aromatic hydroxyl groups is 1. The Bertz CT molecular complexity index is 435. The number of anilines is 1. The van der Waals surface area contributed by atoms with Crippen LogP contribution in [0.2, 0.25) is 0 Å². The van der Waals surface area contributed by atoms with E-state index in [1.165, 1.54) is 11.0 Å². The first-order valence-electron chi connectivity index (χ1n) is 6.66. The lowest BCUT2D eigenvalue weighted by Gasteiger charge is -2.25. The second kappa shape index (κ2) is 6.83. The van der Waals surface area contributed by atoms with Crippen LogP contribution in [0.15, 0.2) is 18.2 Å². The summed E-state index contributed by atoms with van der Waals surface area (Å²) in [5, 5.41) is 13.1. The summed E-state index contributed by atoms with van der Waals surface area (Å²) in [6.07, 6.45) is -4.26. The number of phenols is 1. The van der Waals surface area contributed by atoms with Crippen molar-refractivity contribution in [3.05, 3.63) is 23.8 Å². The molecule has 0 spiro atoms. The van der Waals surface area contributed by atoms with Gasteiger partial charge >= 0.3 is 6.18 Å². The number of hydrogen-bond acceptors (Lipinski definition) is 3. The summed E-state index contributed by atoms with van der Waals surface area (Å²) in [5.74, 6) is 0.0107. The van der Waals surface area contributed by atoms with Gasteiger partial charge in [0, 0.05) is 29.9 Å². The average Bonchev–Trinajstić information content (AvgIpc) is 2.35. The fraction of sp³-hybridized carbons (Fsp3) is 0.571. The van der Waals surface area contributed by atoms with E-state index < -0.39 is 12.7 Å². The molecule has 0 bridgehead atoms. The molecule has 1 unspecified atom stereocenters. The minimum Gasteiger partial charge on any atom is -0.508 e. The van der Waals surface area contributed by atoms with Gasteiger partial charge in [0.2, 0.25) is 0 Å². The number of nitrogens with zero attached hydrogens (tertiary/aromatic N) is 1. The molecule has 6 heteroatoms. The smallest absolute Gasteiger partial charge is 0.405 e. The molecular formula is C14H21F3N2O. The first-order valence-corrected chi connectivity index (χ1v) is 6.66. The van der Waals surface area contributed by atoms with Crippen molar-refractivity contribution < 1.29 is 18.3 Å². The summed E-state index contributed by atoms with van der Waals surface area (Å²) < 4.78 is 37.4. The Hall–Kier alpha value is -1.43. The third kappa shape index (κ3) is 4.59. The number of nitrogens with one attached hydrogen (secondary N) is 1. The van der Waals surface area contributed by atoms with E-state index in [-0.39, 0.29) is 18.3 Å². The van der Waals surface area contributed by atoms with Gasteiger partial charge in [0.25, 0.3) is 0 Å². The van der Waals surface area contributed by atoms with Crippen molar-refractivity contribution >= 4 is 5.69 Å². The highest BCUT2D eigenvalue weighted by Crippen LogP contribution is 2.30. The quantitative estimate of drug-likeness (QED) is 0.842. The molecule has 0 saturated carbocycles. The van der Waals surface area contributed by atoms with E-state index in [9.17, 15) is 18.3 Å². The molecular weight excluding hydrogens is 269 g/mol. The van der Waals surface area contributed by atoms with Crippen molar-refractivity contribution in [1.82, 2.24) is 5.32 Å². The van der Waals surface area contributed by atoms with Crippen LogP contribution in [-0.2, 0) is 0 Å². The predicted octanol–water partition coefficient (Wildman–Crippen LogP) is 3.45. The minimum absolute atomic E-state index is 0.0107. The summed E-state index contributed by atoms with van der Waals surface area (Å²) in [6, 6.07) is 4.61. The zero-order chi connectivity index (χ0) is 15.3. The topological polar surface area (TPSA) is 35.5 Å². The van der Waals surface area contributed by atoms with Crippen LogP contribution in [0.5, 0.6) is 5.75 Å². The Labute approximate surface area is 117 Å². The molecule has 1 atom stereocenters. The van der Waals surface area contributed by atoms with Crippen LogP contribution in [0.4, 0.5) is 18.9 Å². The van der Waals surface area contributed by atoms with Crippen LogP contribution >= 0.6 is 0 Å². The Balaban J connectivity index is 2.95. The highest BCUT2D eigenvalue weighted by Gasteiger charge is 2.30. The molecule has 0 saturated heterocycles. The molecule has 0 radical (unpaired) electrons. The molecule has 0 aliphatic heterocycles. The Morgan fingerprint density at radius 2 is 1.95 bits per heavy atom. The number of benzene rings is 1. The maximum atomic E-state index is 12.5. The van der Waals surface area contributed by atoms with E-state index in [2.05, 4.69) is 5.32 Å². The maximum absolute atomic E-state index is 12.5. The van der Waals surface area contributed by atoms with Crippen LogP contribution in [0.3, 0.4) is 0 Å². The normalized spacial score (nSPS) is 13.3. The van der Waals surface area contributed by atoms with Crippen LogP contribution < -0.4 is 10.2 Å². The van der Waals surface area contributed by atoms with Gasteiger partial charge in [-0.15, -0.1) is 0 Å². The number of halogens is 3. The maximum Gasteiger partial charge on any atom is 0.405 e. The van der Waals surface area contributed by atoms with E-state index in [0.29, 0.717) is 11.3 Å². The zero-order valence-electron chi connectivity index (χ0n) is 12.0. The van der Waals surface area contributed by atoms with Gasteiger partial charge in [-0.25, -0.2) is 0 Å². The zero-order valence-corrected chi connectivity index (χ0v) is 12.0. The molecule has 1 aromatic rings. The SMILES string of the molecule is CCNC(C)c1ccc(N(CC)CC(F)(F)F)cc1O. The van der Waals surface area contributed by atoms with Gasteiger partial charge in [0.05, 0.1) is 0 Å². The Morgan fingerprint density at radius 1 is 1.30 bits per heavy atom. The van der Waals surface area contributed by atoms with Crippen molar-refractivity contribution in [3.63, 3.8) is 0 Å². The van der Waals surface area contributed by atoms with E-state index in [1.807, 2.05) is 13.8 Å². The van der Waals surface area contributed by atoms with Gasteiger partial charge in [-0.1, -0.05) is 13.0 Å². The van der Waals surface area contributed by atoms with Crippen molar-refractivity contribution in [1.29, 1.82) is 0 Å². The third-order valence-corrected chi connectivity index (χ3v) is 3.11. The molecule has 20 heavy (non-hydrogen) atoms. The molecule has 2 N–H and O–H groups in total. The van der Waals surface area contributed by atoms with Gasteiger partial charge in [0.15, 0.2) is 0 Å².